The summed E-state index contributed by atoms with van der Waals surface area (Å²) in [5.74, 6) is -0.229. The fourth-order valence-corrected chi connectivity index (χ4v) is 2.86. The van der Waals surface area contributed by atoms with Gasteiger partial charge in [-0.2, -0.15) is 0 Å². The summed E-state index contributed by atoms with van der Waals surface area (Å²) in [6.07, 6.45) is 0. The van der Waals surface area contributed by atoms with Gasteiger partial charge in [0.1, 0.15) is 5.75 Å². The molecule has 0 aliphatic heterocycles. The first-order valence-electron chi connectivity index (χ1n) is 8.35. The molecule has 0 bridgehead atoms. The van der Waals surface area contributed by atoms with E-state index < -0.39 is 0 Å². The van der Waals surface area contributed by atoms with E-state index in [9.17, 15) is 9.59 Å². The first kappa shape index (κ1) is 19.7. The zero-order valence-electron chi connectivity index (χ0n) is 14.6. The third-order valence-corrected chi connectivity index (χ3v) is 4.22. The normalized spacial score (nSPS) is 10.2. The molecule has 0 fully saturated rings. The van der Waals surface area contributed by atoms with Gasteiger partial charge in [0.25, 0.3) is 11.8 Å². The summed E-state index contributed by atoms with van der Waals surface area (Å²) in [6, 6.07) is 20.5. The molecular weight excluding hydrogens is 399 g/mol. The highest BCUT2D eigenvalue weighted by Gasteiger charge is 2.09. The summed E-state index contributed by atoms with van der Waals surface area (Å²) in [6.45, 7) is -0.220. The molecule has 0 radical (unpaired) electrons. The van der Waals surface area contributed by atoms with Gasteiger partial charge in [0.15, 0.2) is 6.61 Å². The van der Waals surface area contributed by atoms with Gasteiger partial charge >= 0.3 is 0 Å². The first-order chi connectivity index (χ1) is 13.5. The van der Waals surface area contributed by atoms with E-state index in [1.165, 1.54) is 6.07 Å². The number of amides is 2. The Morgan fingerprint density at radius 3 is 2.25 bits per heavy atom. The van der Waals surface area contributed by atoms with E-state index in [0.29, 0.717) is 32.7 Å². The monoisotopic (exact) mass is 414 g/mol. The maximum atomic E-state index is 12.2. The quantitative estimate of drug-likeness (QED) is 0.577. The SMILES string of the molecule is O=C(COc1ccc(Cl)cc1Cl)Nc1cccc(NC(=O)c2ccccc2)c1. The minimum atomic E-state index is -0.363. The number of carbonyl (C=O) groups is 2. The summed E-state index contributed by atoms with van der Waals surface area (Å²) in [5.41, 5.74) is 1.64. The Kier molecular flexibility index (Phi) is 6.53. The van der Waals surface area contributed by atoms with Crippen LogP contribution in [-0.4, -0.2) is 18.4 Å². The Morgan fingerprint density at radius 2 is 1.54 bits per heavy atom. The van der Waals surface area contributed by atoms with Crippen LogP contribution in [0.15, 0.2) is 72.8 Å². The van der Waals surface area contributed by atoms with Crippen LogP contribution in [-0.2, 0) is 4.79 Å². The molecule has 0 aliphatic rings. The lowest BCUT2D eigenvalue weighted by molar-refractivity contribution is -0.118. The van der Waals surface area contributed by atoms with Crippen molar-refractivity contribution in [2.75, 3.05) is 17.2 Å². The van der Waals surface area contributed by atoms with Crippen LogP contribution in [0.1, 0.15) is 10.4 Å². The number of hydrogen-bond acceptors (Lipinski definition) is 3. The lowest BCUT2D eigenvalue weighted by Gasteiger charge is -2.10. The number of rotatable bonds is 6. The van der Waals surface area contributed by atoms with Gasteiger partial charge in [0.05, 0.1) is 5.02 Å². The summed E-state index contributed by atoms with van der Waals surface area (Å²) in [4.78, 5) is 24.3. The molecule has 0 aliphatic carbocycles. The fourth-order valence-electron chi connectivity index (χ4n) is 2.40. The van der Waals surface area contributed by atoms with Crippen molar-refractivity contribution in [2.24, 2.45) is 0 Å². The molecule has 7 heteroatoms. The van der Waals surface area contributed by atoms with Crippen LogP contribution >= 0.6 is 23.2 Å². The van der Waals surface area contributed by atoms with Gasteiger partial charge in [0.2, 0.25) is 0 Å². The molecule has 0 unspecified atom stereocenters. The van der Waals surface area contributed by atoms with Gasteiger partial charge in [-0.05, 0) is 48.5 Å². The predicted octanol–water partition coefficient (Wildman–Crippen LogP) is 5.26. The van der Waals surface area contributed by atoms with Crippen LogP contribution < -0.4 is 15.4 Å². The van der Waals surface area contributed by atoms with E-state index in [2.05, 4.69) is 10.6 Å². The summed E-state index contributed by atoms with van der Waals surface area (Å²) in [5, 5.41) is 6.31. The molecule has 0 atom stereocenters. The van der Waals surface area contributed by atoms with Gasteiger partial charge < -0.3 is 15.4 Å². The molecule has 2 amide bonds. The minimum Gasteiger partial charge on any atom is -0.482 e. The largest absolute Gasteiger partial charge is 0.482 e. The standard InChI is InChI=1S/C21H16Cl2N2O3/c22-15-9-10-19(18(23)11-15)28-13-20(26)24-16-7-4-8-17(12-16)25-21(27)14-5-2-1-3-6-14/h1-12H,13H2,(H,24,26)(H,25,27). The Hall–Kier alpha value is -3.02. The van der Waals surface area contributed by atoms with Crippen molar-refractivity contribution in [1.29, 1.82) is 0 Å². The minimum absolute atomic E-state index is 0.220. The second-order valence-electron chi connectivity index (χ2n) is 5.81. The Morgan fingerprint density at radius 1 is 0.821 bits per heavy atom. The molecule has 28 heavy (non-hydrogen) atoms. The Labute approximate surface area is 172 Å². The van der Waals surface area contributed by atoms with Crippen molar-refractivity contribution in [3.63, 3.8) is 0 Å². The van der Waals surface area contributed by atoms with Crippen molar-refractivity contribution < 1.29 is 14.3 Å². The van der Waals surface area contributed by atoms with E-state index in [4.69, 9.17) is 27.9 Å². The van der Waals surface area contributed by atoms with Crippen LogP contribution in [0.3, 0.4) is 0 Å². The van der Waals surface area contributed by atoms with Gasteiger partial charge in [-0.15, -0.1) is 0 Å². The maximum Gasteiger partial charge on any atom is 0.262 e. The molecule has 3 aromatic carbocycles. The van der Waals surface area contributed by atoms with E-state index in [1.807, 2.05) is 6.07 Å². The number of carbonyl (C=O) groups excluding carboxylic acids is 2. The number of anilines is 2. The van der Waals surface area contributed by atoms with Gasteiger partial charge in [0, 0.05) is 22.0 Å². The summed E-state index contributed by atoms with van der Waals surface area (Å²) < 4.78 is 5.41. The van der Waals surface area contributed by atoms with Crippen molar-refractivity contribution in [2.45, 2.75) is 0 Å². The van der Waals surface area contributed by atoms with Gasteiger partial charge in [-0.1, -0.05) is 47.5 Å². The van der Waals surface area contributed by atoms with E-state index >= 15 is 0 Å². The fraction of sp³-hybridized carbons (Fsp3) is 0.0476. The number of benzene rings is 3. The highest BCUT2D eigenvalue weighted by Crippen LogP contribution is 2.27. The molecule has 0 heterocycles. The number of halogens is 2. The topological polar surface area (TPSA) is 67.4 Å². The highest BCUT2D eigenvalue weighted by molar-refractivity contribution is 6.35. The van der Waals surface area contributed by atoms with Crippen molar-refractivity contribution in [3.8, 4) is 5.75 Å². The van der Waals surface area contributed by atoms with Crippen LogP contribution in [0, 0.1) is 0 Å². The molecule has 0 spiro atoms. The second-order valence-corrected chi connectivity index (χ2v) is 6.66. The van der Waals surface area contributed by atoms with Crippen LogP contribution in [0.5, 0.6) is 5.75 Å². The average Bonchev–Trinajstić information content (AvgIpc) is 2.68. The smallest absolute Gasteiger partial charge is 0.262 e. The first-order valence-corrected chi connectivity index (χ1v) is 9.11. The molecule has 0 aromatic heterocycles. The average molecular weight is 415 g/mol. The summed E-state index contributed by atoms with van der Waals surface area (Å²) >= 11 is 11.8. The van der Waals surface area contributed by atoms with Gasteiger partial charge in [-0.3, -0.25) is 9.59 Å². The van der Waals surface area contributed by atoms with E-state index in [-0.39, 0.29) is 18.4 Å². The van der Waals surface area contributed by atoms with E-state index in [1.54, 1.807) is 60.7 Å². The van der Waals surface area contributed by atoms with Crippen LogP contribution in [0.4, 0.5) is 11.4 Å². The molecule has 3 aromatic rings. The van der Waals surface area contributed by atoms with Crippen molar-refractivity contribution >= 4 is 46.4 Å². The molecular formula is C21H16Cl2N2O3. The highest BCUT2D eigenvalue weighted by atomic mass is 35.5. The number of ether oxygens (including phenoxy) is 1. The molecule has 3 rings (SSSR count). The second kappa shape index (κ2) is 9.26. The number of nitrogens with one attached hydrogen (secondary N) is 2. The van der Waals surface area contributed by atoms with Crippen LogP contribution in [0.25, 0.3) is 0 Å². The Bertz CT molecular complexity index is 994. The van der Waals surface area contributed by atoms with Crippen molar-refractivity contribution in [1.82, 2.24) is 0 Å². The zero-order chi connectivity index (χ0) is 19.9. The lowest BCUT2D eigenvalue weighted by Crippen LogP contribution is -2.20. The molecule has 5 nitrogen and oxygen atoms in total. The van der Waals surface area contributed by atoms with Crippen molar-refractivity contribution in [3.05, 3.63) is 88.4 Å². The van der Waals surface area contributed by atoms with E-state index in [0.717, 1.165) is 0 Å². The third kappa shape index (κ3) is 5.49. The maximum absolute atomic E-state index is 12.2. The third-order valence-electron chi connectivity index (χ3n) is 3.69. The summed E-state index contributed by atoms with van der Waals surface area (Å²) in [7, 11) is 0. The molecule has 0 saturated heterocycles. The predicted molar refractivity (Wildman–Crippen MR) is 111 cm³/mol. The molecule has 0 saturated carbocycles. The van der Waals surface area contributed by atoms with Gasteiger partial charge in [-0.25, -0.2) is 0 Å². The zero-order valence-corrected chi connectivity index (χ0v) is 16.1. The number of hydrogen-bond donors (Lipinski definition) is 2. The van der Waals surface area contributed by atoms with Crippen LogP contribution in [0.2, 0.25) is 10.0 Å². The molecule has 142 valence electrons. The Balaban J connectivity index is 1.57. The molecule has 2 N–H and O–H groups in total. The lowest BCUT2D eigenvalue weighted by atomic mass is 10.2.